The number of esters is 1. The number of hydrogen-bond acceptors (Lipinski definition) is 5. The van der Waals surface area contributed by atoms with Crippen LogP contribution in [-0.2, 0) is 11.3 Å². The molecule has 0 unspecified atom stereocenters. The van der Waals surface area contributed by atoms with E-state index in [2.05, 4.69) is 17.0 Å². The summed E-state index contributed by atoms with van der Waals surface area (Å²) >= 11 is 0. The number of amidine groups is 2. The van der Waals surface area contributed by atoms with Crippen LogP contribution in [0.3, 0.4) is 0 Å². The molecule has 1 aliphatic heterocycles. The van der Waals surface area contributed by atoms with Crippen LogP contribution in [0.5, 0.6) is 5.75 Å². The fourth-order valence-corrected chi connectivity index (χ4v) is 5.10. The van der Waals surface area contributed by atoms with Crippen molar-refractivity contribution in [3.8, 4) is 5.75 Å². The summed E-state index contributed by atoms with van der Waals surface area (Å²) in [7, 11) is 0. The molecule has 4 N–H and O–H groups in total. The molecule has 8 nitrogen and oxygen atoms in total. The summed E-state index contributed by atoms with van der Waals surface area (Å²) in [5.74, 6) is 1.03. The number of carbonyl (C=O) groups excluding carboxylic acids is 1. The molecule has 1 saturated heterocycles. The molecule has 5 rings (SSSR count). The predicted octanol–water partition coefficient (Wildman–Crippen LogP) is 5.14. The van der Waals surface area contributed by atoms with Crippen LogP contribution in [0.25, 0.3) is 21.7 Å². The lowest BCUT2D eigenvalue weighted by Crippen LogP contribution is -2.40. The Labute approximate surface area is 222 Å². The molecule has 0 aliphatic carbocycles. The SMILES string of the molecule is CCOC(=O)c1cc2ccc(OC3CCN(C(C)=N)CC3)cc2n1Cc1ccc2ccc(C(=N)N)cc2c1. The van der Waals surface area contributed by atoms with Gasteiger partial charge in [0.1, 0.15) is 23.4 Å². The van der Waals surface area contributed by atoms with Gasteiger partial charge in [-0.1, -0.05) is 24.3 Å². The number of piperidine rings is 1. The molecular weight excluding hydrogens is 478 g/mol. The monoisotopic (exact) mass is 511 g/mol. The summed E-state index contributed by atoms with van der Waals surface area (Å²) in [6, 6.07) is 19.7. The van der Waals surface area contributed by atoms with E-state index in [0.717, 1.165) is 58.9 Å². The van der Waals surface area contributed by atoms with Gasteiger partial charge in [0.2, 0.25) is 0 Å². The Bertz CT molecular complexity index is 1530. The van der Waals surface area contributed by atoms with E-state index in [1.165, 1.54) is 0 Å². The molecule has 0 spiro atoms. The Kier molecular flexibility index (Phi) is 7.05. The summed E-state index contributed by atoms with van der Waals surface area (Å²) < 4.78 is 13.7. The van der Waals surface area contributed by atoms with Crippen LogP contribution in [0.1, 0.15) is 48.3 Å². The number of likely N-dealkylation sites (tertiary alicyclic amines) is 1. The van der Waals surface area contributed by atoms with E-state index in [4.69, 9.17) is 26.0 Å². The molecule has 196 valence electrons. The Morgan fingerprint density at radius 1 is 0.974 bits per heavy atom. The van der Waals surface area contributed by atoms with Crippen LogP contribution >= 0.6 is 0 Å². The van der Waals surface area contributed by atoms with Crippen LogP contribution in [0, 0.1) is 10.8 Å². The van der Waals surface area contributed by atoms with Crippen molar-refractivity contribution in [1.82, 2.24) is 9.47 Å². The second-order valence-corrected chi connectivity index (χ2v) is 9.76. The predicted molar refractivity (Wildman–Crippen MR) is 151 cm³/mol. The van der Waals surface area contributed by atoms with Crippen molar-refractivity contribution in [2.75, 3.05) is 19.7 Å². The average Bonchev–Trinajstić information content (AvgIpc) is 3.26. The van der Waals surface area contributed by atoms with E-state index in [9.17, 15) is 4.79 Å². The molecule has 1 aliphatic rings. The fraction of sp³-hybridized carbons (Fsp3) is 0.300. The molecule has 1 fully saturated rings. The van der Waals surface area contributed by atoms with Gasteiger partial charge < -0.3 is 24.7 Å². The molecular formula is C30H33N5O3. The number of rotatable bonds is 7. The van der Waals surface area contributed by atoms with Gasteiger partial charge in [-0.2, -0.15) is 0 Å². The molecule has 0 bridgehead atoms. The number of aromatic nitrogens is 1. The van der Waals surface area contributed by atoms with E-state index in [-0.39, 0.29) is 17.9 Å². The zero-order valence-electron chi connectivity index (χ0n) is 21.8. The van der Waals surface area contributed by atoms with Gasteiger partial charge in [-0.25, -0.2) is 4.79 Å². The summed E-state index contributed by atoms with van der Waals surface area (Å²) in [6.07, 6.45) is 1.82. The van der Waals surface area contributed by atoms with Crippen LogP contribution in [-0.4, -0.2) is 52.9 Å². The first kappa shape index (κ1) is 25.3. The van der Waals surface area contributed by atoms with Crippen LogP contribution in [0.2, 0.25) is 0 Å². The maximum Gasteiger partial charge on any atom is 0.354 e. The van der Waals surface area contributed by atoms with Gasteiger partial charge in [-0.15, -0.1) is 0 Å². The first-order valence-corrected chi connectivity index (χ1v) is 13.0. The van der Waals surface area contributed by atoms with Gasteiger partial charge in [0.25, 0.3) is 0 Å². The van der Waals surface area contributed by atoms with E-state index in [0.29, 0.717) is 30.2 Å². The van der Waals surface area contributed by atoms with Crippen molar-refractivity contribution >= 4 is 39.3 Å². The van der Waals surface area contributed by atoms with E-state index >= 15 is 0 Å². The number of benzene rings is 3. The van der Waals surface area contributed by atoms with Gasteiger partial charge in [0.05, 0.1) is 18.0 Å². The topological polar surface area (TPSA) is 117 Å². The molecule has 8 heteroatoms. The summed E-state index contributed by atoms with van der Waals surface area (Å²) in [6.45, 7) is 6.03. The van der Waals surface area contributed by atoms with Crippen molar-refractivity contribution in [3.05, 3.63) is 77.5 Å². The smallest absolute Gasteiger partial charge is 0.354 e. The number of ether oxygens (including phenoxy) is 2. The van der Waals surface area contributed by atoms with Crippen molar-refractivity contribution in [2.45, 2.75) is 39.3 Å². The molecule has 0 radical (unpaired) electrons. The summed E-state index contributed by atoms with van der Waals surface area (Å²) in [5.41, 5.74) is 8.79. The first-order chi connectivity index (χ1) is 18.3. The molecule has 0 amide bonds. The van der Waals surface area contributed by atoms with Crippen LogP contribution in [0.15, 0.2) is 60.7 Å². The van der Waals surface area contributed by atoms with Crippen LogP contribution < -0.4 is 10.5 Å². The lowest BCUT2D eigenvalue weighted by Gasteiger charge is -2.32. The highest BCUT2D eigenvalue weighted by Gasteiger charge is 2.22. The number of fused-ring (bicyclic) bond motifs is 2. The molecule has 2 heterocycles. The van der Waals surface area contributed by atoms with Crippen molar-refractivity contribution in [3.63, 3.8) is 0 Å². The highest BCUT2D eigenvalue weighted by atomic mass is 16.5. The Morgan fingerprint density at radius 2 is 1.71 bits per heavy atom. The number of nitrogens with two attached hydrogens (primary N) is 1. The van der Waals surface area contributed by atoms with E-state index in [1.54, 1.807) is 6.92 Å². The molecule has 0 saturated carbocycles. The molecule has 0 atom stereocenters. The average molecular weight is 512 g/mol. The number of nitrogen functional groups attached to an aromatic ring is 1. The lowest BCUT2D eigenvalue weighted by atomic mass is 10.0. The Morgan fingerprint density at radius 3 is 2.42 bits per heavy atom. The minimum Gasteiger partial charge on any atom is -0.490 e. The minimum atomic E-state index is -0.361. The van der Waals surface area contributed by atoms with Gasteiger partial charge in [0.15, 0.2) is 0 Å². The zero-order valence-corrected chi connectivity index (χ0v) is 21.8. The summed E-state index contributed by atoms with van der Waals surface area (Å²) in [5, 5.41) is 18.6. The second kappa shape index (κ2) is 10.6. The van der Waals surface area contributed by atoms with Gasteiger partial charge >= 0.3 is 5.97 Å². The van der Waals surface area contributed by atoms with E-state index in [1.807, 2.05) is 60.0 Å². The third-order valence-corrected chi connectivity index (χ3v) is 7.14. The summed E-state index contributed by atoms with van der Waals surface area (Å²) in [4.78, 5) is 15.0. The second-order valence-electron chi connectivity index (χ2n) is 9.76. The van der Waals surface area contributed by atoms with Gasteiger partial charge in [-0.3, -0.25) is 10.8 Å². The van der Waals surface area contributed by atoms with Crippen molar-refractivity contribution in [1.29, 1.82) is 10.8 Å². The number of carbonyl (C=O) groups is 1. The number of nitrogens with zero attached hydrogens (tertiary/aromatic N) is 2. The zero-order chi connectivity index (χ0) is 26.8. The number of hydrogen-bond donors (Lipinski definition) is 3. The standard InChI is InChI=1S/C30H33N5O3/c1-3-37-30(36)28-16-22-8-9-26(38-25-10-12-34(13-11-25)19(2)31)17-27(22)35(28)18-20-4-5-21-6-7-23(29(32)33)15-24(21)14-20/h4-9,14-17,25,31H,3,10-13,18H2,1-2H3,(H3,32,33). The van der Waals surface area contributed by atoms with Crippen LogP contribution in [0.4, 0.5) is 0 Å². The van der Waals surface area contributed by atoms with Crippen molar-refractivity contribution in [2.24, 2.45) is 5.73 Å². The Balaban J connectivity index is 1.48. The largest absolute Gasteiger partial charge is 0.490 e. The molecule has 3 aromatic carbocycles. The van der Waals surface area contributed by atoms with E-state index < -0.39 is 0 Å². The fourth-order valence-electron chi connectivity index (χ4n) is 5.10. The van der Waals surface area contributed by atoms with Gasteiger partial charge in [0, 0.05) is 49.5 Å². The third-order valence-electron chi connectivity index (χ3n) is 7.14. The third kappa shape index (κ3) is 5.20. The molecule has 38 heavy (non-hydrogen) atoms. The first-order valence-electron chi connectivity index (χ1n) is 13.0. The highest BCUT2D eigenvalue weighted by molar-refractivity contribution is 5.99. The molecule has 4 aromatic rings. The number of nitrogens with one attached hydrogen (secondary N) is 2. The Hall–Kier alpha value is -4.33. The minimum absolute atomic E-state index is 0.0319. The lowest BCUT2D eigenvalue weighted by molar-refractivity contribution is 0.0515. The normalized spacial score (nSPS) is 14.1. The highest BCUT2D eigenvalue weighted by Crippen LogP contribution is 2.29. The maximum atomic E-state index is 12.9. The quantitative estimate of drug-likeness (QED) is 0.180. The maximum absolute atomic E-state index is 12.9. The molecule has 1 aromatic heterocycles. The van der Waals surface area contributed by atoms with Gasteiger partial charge in [-0.05, 0) is 60.5 Å². The van der Waals surface area contributed by atoms with Crippen molar-refractivity contribution < 1.29 is 14.3 Å².